The maximum absolute atomic E-state index is 12.9. The summed E-state index contributed by atoms with van der Waals surface area (Å²) in [6.07, 6.45) is 2.80. The smallest absolute Gasteiger partial charge is 0.253 e. The topological polar surface area (TPSA) is 120 Å². The molecule has 154 valence electrons. The Morgan fingerprint density at radius 3 is 2.76 bits per heavy atom. The summed E-state index contributed by atoms with van der Waals surface area (Å²) < 4.78 is 5.87. The van der Waals surface area contributed by atoms with Gasteiger partial charge in [-0.1, -0.05) is 0 Å². The van der Waals surface area contributed by atoms with Crippen molar-refractivity contribution in [3.8, 4) is 0 Å². The van der Waals surface area contributed by atoms with E-state index in [4.69, 9.17) is 10.1 Å². The van der Waals surface area contributed by atoms with Gasteiger partial charge in [-0.2, -0.15) is 0 Å². The second-order valence-corrected chi connectivity index (χ2v) is 7.87. The lowest BCUT2D eigenvalue weighted by Gasteiger charge is -2.25. The average molecular weight is 462 g/mol. The molecular formula is C20H24BrN5O3. The van der Waals surface area contributed by atoms with Crippen molar-refractivity contribution in [3.05, 3.63) is 55.0 Å². The van der Waals surface area contributed by atoms with Crippen molar-refractivity contribution >= 4 is 33.9 Å². The molecule has 3 rings (SSSR count). The van der Waals surface area contributed by atoms with Crippen molar-refractivity contribution in [2.75, 3.05) is 18.5 Å². The molecular weight excluding hydrogens is 438 g/mol. The zero-order valence-electron chi connectivity index (χ0n) is 16.4. The molecule has 0 bridgehead atoms. The first kappa shape index (κ1) is 21.2. The number of pyridine rings is 2. The Morgan fingerprint density at radius 2 is 2.10 bits per heavy atom. The molecule has 0 saturated carbocycles. The monoisotopic (exact) mass is 461 g/mol. The lowest BCUT2D eigenvalue weighted by molar-refractivity contribution is 0.0903. The van der Waals surface area contributed by atoms with Crippen LogP contribution in [0.1, 0.15) is 45.6 Å². The highest BCUT2D eigenvalue weighted by Gasteiger charge is 2.20. The number of hydrogen-bond donors (Lipinski definition) is 4. The summed E-state index contributed by atoms with van der Waals surface area (Å²) in [5.74, 6) is 0.108. The highest BCUT2D eigenvalue weighted by Crippen LogP contribution is 2.23. The third-order valence-corrected chi connectivity index (χ3v) is 5.30. The largest absolute Gasteiger partial charge is 0.381 e. The Labute approximate surface area is 177 Å². The van der Waals surface area contributed by atoms with Gasteiger partial charge in [-0.05, 0) is 60.3 Å². The number of rotatable bonds is 6. The minimum Gasteiger partial charge on any atom is -0.381 e. The number of carbonyl (C=O) groups is 1. The van der Waals surface area contributed by atoms with Crippen molar-refractivity contribution < 1.29 is 9.53 Å². The molecule has 4 N–H and O–H groups in total. The number of aromatic nitrogens is 2. The predicted octanol–water partition coefficient (Wildman–Crippen LogP) is 2.67. The Kier molecular flexibility index (Phi) is 6.81. The van der Waals surface area contributed by atoms with Crippen LogP contribution in [0.5, 0.6) is 0 Å². The van der Waals surface area contributed by atoms with Crippen LogP contribution in [0.2, 0.25) is 0 Å². The highest BCUT2D eigenvalue weighted by molar-refractivity contribution is 9.10. The number of amides is 1. The Morgan fingerprint density at radius 1 is 1.38 bits per heavy atom. The third kappa shape index (κ3) is 5.10. The highest BCUT2D eigenvalue weighted by atomic mass is 79.9. The van der Waals surface area contributed by atoms with Crippen LogP contribution in [0, 0.1) is 19.3 Å². The van der Waals surface area contributed by atoms with E-state index in [0.717, 1.165) is 30.3 Å². The minimum absolute atomic E-state index is 0.0976. The second-order valence-electron chi connectivity index (χ2n) is 7.06. The first-order chi connectivity index (χ1) is 13.9. The number of hydrogen-bond acceptors (Lipinski definition) is 6. The molecule has 0 aliphatic carbocycles. The fraction of sp³-hybridized carbons (Fsp3) is 0.400. The zero-order valence-corrected chi connectivity index (χ0v) is 18.0. The van der Waals surface area contributed by atoms with E-state index < -0.39 is 0 Å². The Bertz CT molecular complexity index is 983. The fourth-order valence-corrected chi connectivity index (χ4v) is 3.77. The van der Waals surface area contributed by atoms with Gasteiger partial charge in [0.2, 0.25) is 0 Å². The Balaban J connectivity index is 1.82. The van der Waals surface area contributed by atoms with Gasteiger partial charge < -0.3 is 25.8 Å². The molecule has 29 heavy (non-hydrogen) atoms. The molecule has 8 nitrogen and oxygen atoms in total. The van der Waals surface area contributed by atoms with Gasteiger partial charge in [-0.25, -0.2) is 4.98 Å². The van der Waals surface area contributed by atoms with E-state index >= 15 is 0 Å². The molecule has 0 radical (unpaired) electrons. The number of H-pyrrole nitrogens is 1. The van der Waals surface area contributed by atoms with Crippen LogP contribution in [0.4, 0.5) is 5.82 Å². The van der Waals surface area contributed by atoms with E-state index in [0.29, 0.717) is 40.3 Å². The van der Waals surface area contributed by atoms with Crippen LogP contribution >= 0.6 is 15.9 Å². The molecule has 1 fully saturated rings. The van der Waals surface area contributed by atoms with Crippen molar-refractivity contribution in [3.63, 3.8) is 0 Å². The van der Waals surface area contributed by atoms with Gasteiger partial charge >= 0.3 is 0 Å². The number of carbonyl (C=O) groups excluding carboxylic acids is 1. The first-order valence-corrected chi connectivity index (χ1v) is 10.2. The number of nitrogens with zero attached hydrogens (tertiary/aromatic N) is 1. The number of anilines is 1. The van der Waals surface area contributed by atoms with Gasteiger partial charge in [-0.15, -0.1) is 0 Å². The molecule has 0 unspecified atom stereocenters. The van der Waals surface area contributed by atoms with Crippen LogP contribution in [0.3, 0.4) is 0 Å². The van der Waals surface area contributed by atoms with Crippen LogP contribution in [0.25, 0.3) is 0 Å². The summed E-state index contributed by atoms with van der Waals surface area (Å²) in [6.45, 7) is 5.09. The molecule has 1 aliphatic rings. The van der Waals surface area contributed by atoms with Gasteiger partial charge in [0.05, 0.1) is 5.56 Å². The van der Waals surface area contributed by atoms with E-state index in [1.165, 1.54) is 0 Å². The molecule has 0 atom stereocenters. The summed E-state index contributed by atoms with van der Waals surface area (Å²) >= 11 is 3.35. The minimum atomic E-state index is -0.374. The lowest BCUT2D eigenvalue weighted by atomic mass is 10.1. The molecule has 9 heteroatoms. The molecule has 1 amide bonds. The maximum Gasteiger partial charge on any atom is 0.253 e. The lowest BCUT2D eigenvalue weighted by Crippen LogP contribution is -2.31. The number of nitrogens with one attached hydrogen (secondary N) is 4. The van der Waals surface area contributed by atoms with Gasteiger partial charge in [-0.3, -0.25) is 9.59 Å². The number of halogens is 1. The summed E-state index contributed by atoms with van der Waals surface area (Å²) in [7, 11) is 0. The van der Waals surface area contributed by atoms with E-state index in [1.807, 2.05) is 19.9 Å². The van der Waals surface area contributed by atoms with E-state index in [9.17, 15) is 9.59 Å². The molecule has 2 aromatic heterocycles. The summed E-state index contributed by atoms with van der Waals surface area (Å²) in [4.78, 5) is 32.2. The molecule has 1 aliphatic heterocycles. The first-order valence-electron chi connectivity index (χ1n) is 9.42. The van der Waals surface area contributed by atoms with Gasteiger partial charge in [0.25, 0.3) is 11.5 Å². The van der Waals surface area contributed by atoms with E-state index in [2.05, 4.69) is 36.5 Å². The van der Waals surface area contributed by atoms with Crippen LogP contribution in [-0.4, -0.2) is 41.3 Å². The van der Waals surface area contributed by atoms with E-state index in [-0.39, 0.29) is 24.1 Å². The average Bonchev–Trinajstić information content (AvgIpc) is 2.67. The van der Waals surface area contributed by atoms with Gasteiger partial charge in [0, 0.05) is 48.8 Å². The summed E-state index contributed by atoms with van der Waals surface area (Å²) in [5, 5.41) is 13.9. The third-order valence-electron chi connectivity index (χ3n) is 4.90. The zero-order chi connectivity index (χ0) is 21.0. The number of ether oxygens (including phenoxy) is 1. The molecule has 0 aromatic carbocycles. The van der Waals surface area contributed by atoms with Crippen LogP contribution in [0.15, 0.2) is 21.5 Å². The summed E-state index contributed by atoms with van der Waals surface area (Å²) in [5.41, 5.74) is 2.61. The van der Waals surface area contributed by atoms with Crippen LogP contribution in [-0.2, 0) is 11.3 Å². The van der Waals surface area contributed by atoms with Crippen molar-refractivity contribution in [1.29, 1.82) is 5.41 Å². The fourth-order valence-electron chi connectivity index (χ4n) is 3.37. The molecule has 2 aromatic rings. The molecule has 0 spiro atoms. The SMILES string of the molecule is Cc1cc(C)c(CNC(=O)c2cc(Br)nc(NC3CCOCC3)c2C=N)c(=O)[nH]1. The Hall–Kier alpha value is -2.52. The van der Waals surface area contributed by atoms with Gasteiger partial charge in [0.15, 0.2) is 0 Å². The predicted molar refractivity (Wildman–Crippen MR) is 115 cm³/mol. The van der Waals surface area contributed by atoms with Crippen LogP contribution < -0.4 is 16.2 Å². The van der Waals surface area contributed by atoms with Crippen molar-refractivity contribution in [2.45, 2.75) is 39.3 Å². The molecule has 1 saturated heterocycles. The second kappa shape index (κ2) is 9.32. The van der Waals surface area contributed by atoms with Crippen molar-refractivity contribution in [1.82, 2.24) is 15.3 Å². The summed E-state index contributed by atoms with van der Waals surface area (Å²) in [6, 6.07) is 3.62. The van der Waals surface area contributed by atoms with Crippen molar-refractivity contribution in [2.24, 2.45) is 0 Å². The normalized spacial score (nSPS) is 14.4. The number of aromatic amines is 1. The van der Waals surface area contributed by atoms with E-state index in [1.54, 1.807) is 6.07 Å². The standard InChI is InChI=1S/C20H24BrN5O3/c1-11-7-12(2)24-20(28)16(11)10-23-19(27)14-8-17(21)26-18(15(14)9-22)25-13-3-5-29-6-4-13/h7-9,13,22H,3-6,10H2,1-2H3,(H,23,27)(H,24,28)(H,25,26). The van der Waals surface area contributed by atoms with Gasteiger partial charge in [0.1, 0.15) is 10.4 Å². The maximum atomic E-state index is 12.9. The quantitative estimate of drug-likeness (QED) is 0.389. The molecule has 3 heterocycles. The number of aryl methyl sites for hydroxylation is 2.